The lowest BCUT2D eigenvalue weighted by Gasteiger charge is -2.34. The van der Waals surface area contributed by atoms with Crippen LogP contribution in [0.1, 0.15) is 23.7 Å². The third-order valence-electron chi connectivity index (χ3n) is 7.11. The van der Waals surface area contributed by atoms with Crippen molar-refractivity contribution in [2.45, 2.75) is 13.3 Å². The standard InChI is InChI=1S/C29H31N5O2/c1-2-14-32-15-17-33(18-16-32)19-20-36-22-12-10-21(11-13-22)28-30-25-8-5-6-23-27(25)34(28)26-9-4-3-7-24(26)31-29(23)35/h3-13H,2,14-20H2,1H3,(H,31,35). The van der Waals surface area contributed by atoms with E-state index in [1.807, 2.05) is 66.7 Å². The quantitative estimate of drug-likeness (QED) is 0.416. The van der Waals surface area contributed by atoms with E-state index in [1.54, 1.807) is 0 Å². The summed E-state index contributed by atoms with van der Waals surface area (Å²) in [6.07, 6.45) is 1.22. The number of anilines is 1. The van der Waals surface area contributed by atoms with Crippen molar-refractivity contribution in [2.24, 2.45) is 0 Å². The number of ether oxygens (including phenoxy) is 1. The second-order valence-electron chi connectivity index (χ2n) is 9.47. The highest BCUT2D eigenvalue weighted by Crippen LogP contribution is 2.36. The molecule has 184 valence electrons. The monoisotopic (exact) mass is 481 g/mol. The van der Waals surface area contributed by atoms with E-state index in [0.29, 0.717) is 12.2 Å². The summed E-state index contributed by atoms with van der Waals surface area (Å²) in [6.45, 7) is 9.58. The molecule has 36 heavy (non-hydrogen) atoms. The van der Waals surface area contributed by atoms with Gasteiger partial charge in [-0.15, -0.1) is 0 Å². The van der Waals surface area contributed by atoms with Crippen LogP contribution in [0.25, 0.3) is 28.1 Å². The Balaban J connectivity index is 1.22. The average Bonchev–Trinajstić information content (AvgIpc) is 3.24. The van der Waals surface area contributed by atoms with E-state index in [9.17, 15) is 4.79 Å². The molecule has 1 saturated heterocycles. The predicted molar refractivity (Wildman–Crippen MR) is 143 cm³/mol. The number of rotatable bonds is 7. The molecule has 6 rings (SSSR count). The number of piperazine rings is 1. The minimum atomic E-state index is -0.117. The van der Waals surface area contributed by atoms with E-state index in [2.05, 4.69) is 26.6 Å². The molecule has 2 aliphatic heterocycles. The molecule has 3 aromatic carbocycles. The molecule has 1 N–H and O–H groups in total. The molecule has 1 amide bonds. The zero-order valence-corrected chi connectivity index (χ0v) is 20.6. The fourth-order valence-electron chi connectivity index (χ4n) is 5.25. The Kier molecular flexibility index (Phi) is 6.17. The molecule has 0 spiro atoms. The summed E-state index contributed by atoms with van der Waals surface area (Å²) in [7, 11) is 0. The molecule has 4 aromatic rings. The largest absolute Gasteiger partial charge is 0.492 e. The van der Waals surface area contributed by atoms with Gasteiger partial charge in [0.2, 0.25) is 0 Å². The van der Waals surface area contributed by atoms with E-state index < -0.39 is 0 Å². The zero-order valence-electron chi connectivity index (χ0n) is 20.6. The SMILES string of the molecule is CCCN1CCN(CCOc2ccc(-c3nc4cccc5c4n3-c3ccccc3NC5=O)cc2)CC1. The lowest BCUT2D eigenvalue weighted by Crippen LogP contribution is -2.47. The molecule has 2 aliphatic rings. The van der Waals surface area contributed by atoms with Crippen LogP contribution in [0.5, 0.6) is 5.75 Å². The summed E-state index contributed by atoms with van der Waals surface area (Å²) in [5.74, 6) is 1.54. The van der Waals surface area contributed by atoms with Crippen LogP contribution in [-0.2, 0) is 0 Å². The number of amides is 1. The van der Waals surface area contributed by atoms with E-state index in [1.165, 1.54) is 13.0 Å². The number of benzene rings is 3. The Morgan fingerprint density at radius 2 is 1.64 bits per heavy atom. The number of carbonyl (C=O) groups excluding carboxylic acids is 1. The zero-order chi connectivity index (χ0) is 24.5. The molecular formula is C29H31N5O2. The first kappa shape index (κ1) is 22.8. The molecular weight excluding hydrogens is 450 g/mol. The molecule has 0 unspecified atom stereocenters. The first-order chi connectivity index (χ1) is 17.7. The molecule has 3 heterocycles. The van der Waals surface area contributed by atoms with Crippen LogP contribution in [0.15, 0.2) is 66.7 Å². The first-order valence-electron chi connectivity index (χ1n) is 12.8. The van der Waals surface area contributed by atoms with Crippen LogP contribution in [0.4, 0.5) is 5.69 Å². The van der Waals surface area contributed by atoms with Crippen molar-refractivity contribution in [3.8, 4) is 22.8 Å². The van der Waals surface area contributed by atoms with Gasteiger partial charge in [-0.3, -0.25) is 14.3 Å². The Morgan fingerprint density at radius 1 is 0.889 bits per heavy atom. The third-order valence-corrected chi connectivity index (χ3v) is 7.11. The lowest BCUT2D eigenvalue weighted by molar-refractivity contribution is 0.102. The Labute approximate surface area is 211 Å². The third kappa shape index (κ3) is 4.25. The smallest absolute Gasteiger partial charge is 0.257 e. The molecule has 0 bridgehead atoms. The summed E-state index contributed by atoms with van der Waals surface area (Å²) in [5, 5.41) is 3.05. The van der Waals surface area contributed by atoms with Gasteiger partial charge in [0.1, 0.15) is 18.2 Å². The van der Waals surface area contributed by atoms with Crippen LogP contribution < -0.4 is 10.1 Å². The topological polar surface area (TPSA) is 62.6 Å². The Morgan fingerprint density at radius 3 is 2.42 bits per heavy atom. The van der Waals surface area contributed by atoms with Crippen molar-refractivity contribution in [2.75, 3.05) is 51.2 Å². The van der Waals surface area contributed by atoms with E-state index in [4.69, 9.17) is 9.72 Å². The summed E-state index contributed by atoms with van der Waals surface area (Å²) < 4.78 is 8.16. The van der Waals surface area contributed by atoms with Gasteiger partial charge in [-0.1, -0.05) is 25.1 Å². The van der Waals surface area contributed by atoms with E-state index >= 15 is 0 Å². The fourth-order valence-corrected chi connectivity index (χ4v) is 5.25. The number of fused-ring (bicyclic) bond motifs is 2. The highest BCUT2D eigenvalue weighted by atomic mass is 16.5. The van der Waals surface area contributed by atoms with Gasteiger partial charge in [0.25, 0.3) is 5.91 Å². The van der Waals surface area contributed by atoms with Gasteiger partial charge in [-0.05, 0) is 61.5 Å². The number of nitrogens with one attached hydrogen (secondary N) is 1. The molecule has 0 aliphatic carbocycles. The second kappa shape index (κ2) is 9.76. The number of imidazole rings is 1. The first-order valence-corrected chi connectivity index (χ1v) is 12.8. The predicted octanol–water partition coefficient (Wildman–Crippen LogP) is 4.66. The Hall–Kier alpha value is -3.68. The van der Waals surface area contributed by atoms with Gasteiger partial charge in [0, 0.05) is 38.3 Å². The number of hydrogen-bond acceptors (Lipinski definition) is 5. The summed E-state index contributed by atoms with van der Waals surface area (Å²) >= 11 is 0. The van der Waals surface area contributed by atoms with Crippen LogP contribution in [0.2, 0.25) is 0 Å². The van der Waals surface area contributed by atoms with Gasteiger partial charge in [-0.2, -0.15) is 0 Å². The molecule has 7 nitrogen and oxygen atoms in total. The van der Waals surface area contributed by atoms with Crippen LogP contribution in [0, 0.1) is 0 Å². The normalized spacial score (nSPS) is 16.0. The van der Waals surface area contributed by atoms with Crippen molar-refractivity contribution < 1.29 is 9.53 Å². The molecule has 1 aromatic heterocycles. The number of hydrogen-bond donors (Lipinski definition) is 1. The second-order valence-corrected chi connectivity index (χ2v) is 9.47. The Bertz CT molecular complexity index is 1390. The van der Waals surface area contributed by atoms with Crippen molar-refractivity contribution in [3.63, 3.8) is 0 Å². The minimum absolute atomic E-state index is 0.117. The number of aromatic nitrogens is 2. The van der Waals surface area contributed by atoms with E-state index in [0.717, 1.165) is 72.3 Å². The van der Waals surface area contributed by atoms with Gasteiger partial charge in [-0.25, -0.2) is 4.98 Å². The maximum absolute atomic E-state index is 12.9. The number of para-hydroxylation sites is 3. The minimum Gasteiger partial charge on any atom is -0.492 e. The number of carbonyl (C=O) groups is 1. The van der Waals surface area contributed by atoms with Crippen LogP contribution >= 0.6 is 0 Å². The molecule has 0 atom stereocenters. The van der Waals surface area contributed by atoms with Crippen molar-refractivity contribution >= 4 is 22.6 Å². The molecule has 1 fully saturated rings. The van der Waals surface area contributed by atoms with Gasteiger partial charge in [0.05, 0.1) is 28.0 Å². The maximum atomic E-state index is 12.9. The number of nitrogens with zero attached hydrogens (tertiary/aromatic N) is 4. The maximum Gasteiger partial charge on any atom is 0.257 e. The fraction of sp³-hybridized carbons (Fsp3) is 0.310. The molecule has 7 heteroatoms. The van der Waals surface area contributed by atoms with Crippen molar-refractivity contribution in [1.82, 2.24) is 19.4 Å². The van der Waals surface area contributed by atoms with Crippen molar-refractivity contribution in [1.29, 1.82) is 0 Å². The molecule has 0 radical (unpaired) electrons. The van der Waals surface area contributed by atoms with Gasteiger partial charge < -0.3 is 15.0 Å². The van der Waals surface area contributed by atoms with Crippen molar-refractivity contribution in [3.05, 3.63) is 72.3 Å². The summed E-state index contributed by atoms with van der Waals surface area (Å²) in [6, 6.07) is 21.7. The highest BCUT2D eigenvalue weighted by molar-refractivity contribution is 6.14. The summed E-state index contributed by atoms with van der Waals surface area (Å²) in [4.78, 5) is 22.9. The van der Waals surface area contributed by atoms with E-state index in [-0.39, 0.29) is 5.91 Å². The highest BCUT2D eigenvalue weighted by Gasteiger charge is 2.25. The van der Waals surface area contributed by atoms with Gasteiger partial charge >= 0.3 is 0 Å². The van der Waals surface area contributed by atoms with Crippen LogP contribution in [0.3, 0.4) is 0 Å². The molecule has 0 saturated carbocycles. The average molecular weight is 482 g/mol. The van der Waals surface area contributed by atoms with Gasteiger partial charge in [0.15, 0.2) is 0 Å². The summed E-state index contributed by atoms with van der Waals surface area (Å²) in [5.41, 5.74) is 4.91. The lowest BCUT2D eigenvalue weighted by atomic mass is 10.1. The van der Waals surface area contributed by atoms with Crippen LogP contribution in [-0.4, -0.2) is 71.1 Å².